The van der Waals surface area contributed by atoms with Crippen molar-refractivity contribution in [1.82, 2.24) is 5.16 Å². The topological polar surface area (TPSA) is 35.3 Å². The fourth-order valence-electron chi connectivity index (χ4n) is 1.27. The molecule has 0 aliphatic rings. The zero-order chi connectivity index (χ0) is 10.7. The quantitative estimate of drug-likeness (QED) is 0.750. The summed E-state index contributed by atoms with van der Waals surface area (Å²) in [5.41, 5.74) is 1.77. The van der Waals surface area contributed by atoms with Crippen molar-refractivity contribution in [2.24, 2.45) is 0 Å². The minimum atomic E-state index is 0.336. The van der Waals surface area contributed by atoms with Crippen molar-refractivity contribution in [1.29, 1.82) is 0 Å². The molecule has 0 unspecified atom stereocenters. The largest absolute Gasteiger partial charge is 0.497 e. The fourth-order valence-corrected chi connectivity index (χ4v) is 1.40. The summed E-state index contributed by atoms with van der Waals surface area (Å²) >= 11 is 5.62. The number of hydrogen-bond donors (Lipinski definition) is 0. The molecule has 1 aromatic heterocycles. The summed E-state index contributed by atoms with van der Waals surface area (Å²) in [4.78, 5) is 0. The van der Waals surface area contributed by atoms with Crippen LogP contribution in [-0.4, -0.2) is 12.3 Å². The highest BCUT2D eigenvalue weighted by Gasteiger charge is 2.05. The monoisotopic (exact) mass is 223 g/mol. The number of nitrogens with zero attached hydrogens (tertiary/aromatic N) is 1. The van der Waals surface area contributed by atoms with E-state index in [0.29, 0.717) is 11.6 Å². The van der Waals surface area contributed by atoms with Crippen molar-refractivity contribution >= 4 is 11.6 Å². The van der Waals surface area contributed by atoms with Crippen LogP contribution in [0.3, 0.4) is 0 Å². The van der Waals surface area contributed by atoms with E-state index in [9.17, 15) is 0 Å². The average Bonchev–Trinajstić information content (AvgIpc) is 2.78. The first-order valence-corrected chi connectivity index (χ1v) is 5.03. The SMILES string of the molecule is COc1ccc(-c2cc(CCl)on2)cc1. The standard InChI is InChI=1S/C11H10ClNO2/c1-14-9-4-2-8(3-5-9)11-6-10(7-12)15-13-11/h2-6H,7H2,1H3. The van der Waals surface area contributed by atoms with Gasteiger partial charge in [-0.1, -0.05) is 5.16 Å². The van der Waals surface area contributed by atoms with Gasteiger partial charge in [-0.3, -0.25) is 0 Å². The first-order valence-electron chi connectivity index (χ1n) is 4.49. The summed E-state index contributed by atoms with van der Waals surface area (Å²) in [5, 5.41) is 3.91. The van der Waals surface area contributed by atoms with Gasteiger partial charge in [0, 0.05) is 11.6 Å². The van der Waals surface area contributed by atoms with E-state index in [1.165, 1.54) is 0 Å². The van der Waals surface area contributed by atoms with Crippen LogP contribution in [0.2, 0.25) is 0 Å². The third-order valence-electron chi connectivity index (χ3n) is 2.08. The van der Waals surface area contributed by atoms with Crippen LogP contribution in [0, 0.1) is 0 Å². The first-order chi connectivity index (χ1) is 7.33. The van der Waals surface area contributed by atoms with Crippen LogP contribution in [0.5, 0.6) is 5.75 Å². The first kappa shape index (κ1) is 10.1. The minimum absolute atomic E-state index is 0.336. The van der Waals surface area contributed by atoms with Gasteiger partial charge in [0.1, 0.15) is 11.4 Å². The molecule has 78 valence electrons. The second kappa shape index (κ2) is 4.36. The molecule has 2 rings (SSSR count). The van der Waals surface area contributed by atoms with E-state index in [4.69, 9.17) is 20.9 Å². The number of halogens is 1. The summed E-state index contributed by atoms with van der Waals surface area (Å²) < 4.78 is 10.1. The lowest BCUT2D eigenvalue weighted by atomic mass is 10.1. The third-order valence-corrected chi connectivity index (χ3v) is 2.34. The highest BCUT2D eigenvalue weighted by atomic mass is 35.5. The number of aromatic nitrogens is 1. The van der Waals surface area contributed by atoms with Crippen molar-refractivity contribution < 1.29 is 9.26 Å². The molecule has 0 N–H and O–H groups in total. The number of methoxy groups -OCH3 is 1. The van der Waals surface area contributed by atoms with Gasteiger partial charge in [-0.25, -0.2) is 0 Å². The van der Waals surface area contributed by atoms with Crippen LogP contribution in [0.25, 0.3) is 11.3 Å². The van der Waals surface area contributed by atoms with E-state index < -0.39 is 0 Å². The molecule has 4 heteroatoms. The molecule has 2 aromatic rings. The molecular formula is C11H10ClNO2. The Morgan fingerprint density at radius 3 is 2.60 bits per heavy atom. The molecule has 0 aliphatic heterocycles. The Bertz CT molecular complexity index is 436. The Labute approximate surface area is 92.6 Å². The summed E-state index contributed by atoms with van der Waals surface area (Å²) in [6, 6.07) is 9.44. The van der Waals surface area contributed by atoms with Crippen LogP contribution in [0.15, 0.2) is 34.9 Å². The molecule has 0 radical (unpaired) electrons. The maximum atomic E-state index is 5.62. The van der Waals surface area contributed by atoms with Gasteiger partial charge in [0.15, 0.2) is 5.76 Å². The predicted molar refractivity (Wildman–Crippen MR) is 58.0 cm³/mol. The van der Waals surface area contributed by atoms with Crippen LogP contribution < -0.4 is 4.74 Å². The van der Waals surface area contributed by atoms with Crippen LogP contribution in [0.1, 0.15) is 5.76 Å². The molecule has 0 bridgehead atoms. The van der Waals surface area contributed by atoms with Crippen molar-refractivity contribution in [3.05, 3.63) is 36.1 Å². The Kier molecular flexibility index (Phi) is 2.92. The Morgan fingerprint density at radius 1 is 1.33 bits per heavy atom. The van der Waals surface area contributed by atoms with Gasteiger partial charge < -0.3 is 9.26 Å². The van der Waals surface area contributed by atoms with Crippen molar-refractivity contribution in [2.45, 2.75) is 5.88 Å². The number of hydrogen-bond acceptors (Lipinski definition) is 3. The number of alkyl halides is 1. The smallest absolute Gasteiger partial charge is 0.152 e. The predicted octanol–water partition coefficient (Wildman–Crippen LogP) is 3.09. The zero-order valence-electron chi connectivity index (χ0n) is 8.24. The molecule has 0 spiro atoms. The van der Waals surface area contributed by atoms with Gasteiger partial charge in [-0.2, -0.15) is 0 Å². The van der Waals surface area contributed by atoms with Crippen molar-refractivity contribution in [3.63, 3.8) is 0 Å². The van der Waals surface area contributed by atoms with E-state index >= 15 is 0 Å². The van der Waals surface area contributed by atoms with E-state index in [0.717, 1.165) is 17.0 Å². The third kappa shape index (κ3) is 2.13. The molecule has 1 heterocycles. The maximum Gasteiger partial charge on any atom is 0.152 e. The molecule has 0 amide bonds. The molecule has 0 saturated heterocycles. The Balaban J connectivity index is 2.28. The van der Waals surface area contributed by atoms with Crippen molar-refractivity contribution in [2.75, 3.05) is 7.11 Å². The molecule has 0 saturated carbocycles. The average molecular weight is 224 g/mol. The fraction of sp³-hybridized carbons (Fsp3) is 0.182. The normalized spacial score (nSPS) is 10.3. The molecular weight excluding hydrogens is 214 g/mol. The molecule has 1 aromatic carbocycles. The van der Waals surface area contributed by atoms with Crippen LogP contribution >= 0.6 is 11.6 Å². The van der Waals surface area contributed by atoms with Gasteiger partial charge in [-0.05, 0) is 24.3 Å². The second-order valence-electron chi connectivity index (χ2n) is 3.04. The molecule has 0 atom stereocenters. The van der Waals surface area contributed by atoms with E-state index in [1.807, 2.05) is 30.3 Å². The number of ether oxygens (including phenoxy) is 1. The van der Waals surface area contributed by atoms with Gasteiger partial charge in [0.2, 0.25) is 0 Å². The summed E-state index contributed by atoms with van der Waals surface area (Å²) in [7, 11) is 1.64. The molecule has 0 aliphatic carbocycles. The zero-order valence-corrected chi connectivity index (χ0v) is 8.99. The second-order valence-corrected chi connectivity index (χ2v) is 3.31. The maximum absolute atomic E-state index is 5.62. The van der Waals surface area contributed by atoms with E-state index in [2.05, 4.69) is 5.16 Å². The number of benzene rings is 1. The lowest BCUT2D eigenvalue weighted by Gasteiger charge is -1.99. The molecule has 3 nitrogen and oxygen atoms in total. The highest BCUT2D eigenvalue weighted by molar-refractivity contribution is 6.16. The van der Waals surface area contributed by atoms with Gasteiger partial charge >= 0.3 is 0 Å². The van der Waals surface area contributed by atoms with E-state index in [1.54, 1.807) is 7.11 Å². The Hall–Kier alpha value is -1.48. The summed E-state index contributed by atoms with van der Waals surface area (Å²) in [6.45, 7) is 0. The van der Waals surface area contributed by atoms with Gasteiger partial charge in [-0.15, -0.1) is 11.6 Å². The van der Waals surface area contributed by atoms with Crippen molar-refractivity contribution in [3.8, 4) is 17.0 Å². The lowest BCUT2D eigenvalue weighted by molar-refractivity contribution is 0.396. The minimum Gasteiger partial charge on any atom is -0.497 e. The molecule has 0 fully saturated rings. The summed E-state index contributed by atoms with van der Waals surface area (Å²) in [6.07, 6.45) is 0. The number of rotatable bonds is 3. The highest BCUT2D eigenvalue weighted by Crippen LogP contribution is 2.22. The van der Waals surface area contributed by atoms with Crippen LogP contribution in [0.4, 0.5) is 0 Å². The molecule has 15 heavy (non-hydrogen) atoms. The van der Waals surface area contributed by atoms with Crippen LogP contribution in [-0.2, 0) is 5.88 Å². The lowest BCUT2D eigenvalue weighted by Crippen LogP contribution is -1.82. The Morgan fingerprint density at radius 2 is 2.07 bits per heavy atom. The summed E-state index contributed by atoms with van der Waals surface area (Å²) in [5.74, 6) is 1.82. The van der Waals surface area contributed by atoms with Gasteiger partial charge in [0.05, 0.1) is 13.0 Å². The van der Waals surface area contributed by atoms with E-state index in [-0.39, 0.29) is 0 Å². The van der Waals surface area contributed by atoms with Gasteiger partial charge in [0.25, 0.3) is 0 Å².